The number of amides is 2. The third kappa shape index (κ3) is 4.22. The zero-order valence-corrected chi connectivity index (χ0v) is 10.3. The maximum absolute atomic E-state index is 11.4. The minimum Gasteiger partial charge on any atom is -0.325 e. The lowest BCUT2D eigenvalue weighted by molar-refractivity contribution is -0.119. The molecule has 2 amide bonds. The van der Waals surface area contributed by atoms with Crippen molar-refractivity contribution >= 4 is 23.3 Å². The molecule has 0 aliphatic carbocycles. The molecular formula is C12H17N3O2. The van der Waals surface area contributed by atoms with Gasteiger partial charge in [-0.25, -0.2) is 4.98 Å². The SMILES string of the molecule is CCC(=O)Nc1ccc(NC(=O)C(C)C)cn1. The molecule has 2 N–H and O–H groups in total. The van der Waals surface area contributed by atoms with Crippen molar-refractivity contribution in [1.82, 2.24) is 4.98 Å². The standard InChI is InChI=1S/C12H17N3O2/c1-4-11(16)15-10-6-5-9(7-13-10)14-12(17)8(2)3/h5-8H,4H2,1-3H3,(H,14,17)(H,13,15,16). The van der Waals surface area contributed by atoms with Gasteiger partial charge < -0.3 is 10.6 Å². The molecule has 1 rings (SSSR count). The fourth-order valence-electron chi connectivity index (χ4n) is 1.06. The van der Waals surface area contributed by atoms with E-state index in [1.165, 1.54) is 6.20 Å². The highest BCUT2D eigenvalue weighted by Gasteiger charge is 2.07. The molecule has 0 aliphatic rings. The van der Waals surface area contributed by atoms with Gasteiger partial charge in [-0.15, -0.1) is 0 Å². The fourth-order valence-corrected chi connectivity index (χ4v) is 1.06. The summed E-state index contributed by atoms with van der Waals surface area (Å²) in [7, 11) is 0. The first-order valence-electron chi connectivity index (χ1n) is 5.59. The zero-order chi connectivity index (χ0) is 12.8. The van der Waals surface area contributed by atoms with Gasteiger partial charge in [0.05, 0.1) is 11.9 Å². The van der Waals surface area contributed by atoms with Gasteiger partial charge in [0.2, 0.25) is 11.8 Å². The van der Waals surface area contributed by atoms with E-state index in [1.807, 2.05) is 13.8 Å². The Balaban J connectivity index is 2.62. The number of carbonyl (C=O) groups is 2. The molecule has 0 saturated carbocycles. The molecule has 1 aromatic heterocycles. The largest absolute Gasteiger partial charge is 0.325 e. The van der Waals surface area contributed by atoms with Crippen LogP contribution in [0.15, 0.2) is 18.3 Å². The molecule has 1 aromatic rings. The number of aromatic nitrogens is 1. The molecule has 5 nitrogen and oxygen atoms in total. The van der Waals surface area contributed by atoms with Crippen LogP contribution in [-0.4, -0.2) is 16.8 Å². The highest BCUT2D eigenvalue weighted by atomic mass is 16.2. The average Bonchev–Trinajstić information content (AvgIpc) is 2.31. The van der Waals surface area contributed by atoms with Crippen molar-refractivity contribution in [1.29, 1.82) is 0 Å². The molecule has 5 heteroatoms. The molecule has 0 unspecified atom stereocenters. The van der Waals surface area contributed by atoms with Crippen LogP contribution in [-0.2, 0) is 9.59 Å². The van der Waals surface area contributed by atoms with E-state index in [4.69, 9.17) is 0 Å². The van der Waals surface area contributed by atoms with E-state index in [0.717, 1.165) is 0 Å². The maximum Gasteiger partial charge on any atom is 0.226 e. The van der Waals surface area contributed by atoms with Gasteiger partial charge in [0.1, 0.15) is 5.82 Å². The van der Waals surface area contributed by atoms with Crippen molar-refractivity contribution in [2.75, 3.05) is 10.6 Å². The number of pyridine rings is 1. The normalized spacial score (nSPS) is 10.1. The fraction of sp³-hybridized carbons (Fsp3) is 0.417. The van der Waals surface area contributed by atoms with E-state index in [-0.39, 0.29) is 17.7 Å². The zero-order valence-electron chi connectivity index (χ0n) is 10.3. The second kappa shape index (κ2) is 5.98. The lowest BCUT2D eigenvalue weighted by Crippen LogP contribution is -2.18. The first-order valence-corrected chi connectivity index (χ1v) is 5.59. The molecule has 0 saturated heterocycles. The van der Waals surface area contributed by atoms with Gasteiger partial charge in [-0.1, -0.05) is 20.8 Å². The smallest absolute Gasteiger partial charge is 0.226 e. The van der Waals surface area contributed by atoms with Gasteiger partial charge >= 0.3 is 0 Å². The van der Waals surface area contributed by atoms with E-state index in [1.54, 1.807) is 19.1 Å². The van der Waals surface area contributed by atoms with Crippen LogP contribution in [0, 0.1) is 5.92 Å². The van der Waals surface area contributed by atoms with Crippen molar-refractivity contribution in [2.24, 2.45) is 5.92 Å². The monoisotopic (exact) mass is 235 g/mol. The number of nitrogens with zero attached hydrogens (tertiary/aromatic N) is 1. The molecule has 17 heavy (non-hydrogen) atoms. The molecule has 0 aliphatic heterocycles. The molecule has 0 bridgehead atoms. The Bertz CT molecular complexity index is 399. The van der Waals surface area contributed by atoms with Gasteiger partial charge in [0, 0.05) is 12.3 Å². The Hall–Kier alpha value is -1.91. The maximum atomic E-state index is 11.4. The topological polar surface area (TPSA) is 71.1 Å². The molecule has 92 valence electrons. The van der Waals surface area contributed by atoms with Crippen molar-refractivity contribution in [2.45, 2.75) is 27.2 Å². The quantitative estimate of drug-likeness (QED) is 0.838. The average molecular weight is 235 g/mol. The first kappa shape index (κ1) is 13.2. The van der Waals surface area contributed by atoms with E-state index in [9.17, 15) is 9.59 Å². The minimum absolute atomic E-state index is 0.0582. The predicted octanol–water partition coefficient (Wildman–Crippen LogP) is 2.02. The van der Waals surface area contributed by atoms with Crippen LogP contribution in [0.1, 0.15) is 27.2 Å². The Morgan fingerprint density at radius 3 is 2.47 bits per heavy atom. The van der Waals surface area contributed by atoms with E-state index >= 15 is 0 Å². The summed E-state index contributed by atoms with van der Waals surface area (Å²) in [6, 6.07) is 3.36. The Morgan fingerprint density at radius 1 is 1.29 bits per heavy atom. The van der Waals surface area contributed by atoms with Crippen molar-refractivity contribution in [3.8, 4) is 0 Å². The number of anilines is 2. The Kier molecular flexibility index (Phi) is 4.63. The van der Waals surface area contributed by atoms with Crippen LogP contribution in [0.25, 0.3) is 0 Å². The van der Waals surface area contributed by atoms with Crippen molar-refractivity contribution in [3.05, 3.63) is 18.3 Å². The summed E-state index contributed by atoms with van der Waals surface area (Å²) in [4.78, 5) is 26.6. The number of rotatable bonds is 4. The summed E-state index contributed by atoms with van der Waals surface area (Å²) < 4.78 is 0. The molecule has 0 atom stereocenters. The van der Waals surface area contributed by atoms with Gasteiger partial charge in [-0.3, -0.25) is 9.59 Å². The highest BCUT2D eigenvalue weighted by Crippen LogP contribution is 2.11. The van der Waals surface area contributed by atoms with E-state index in [2.05, 4.69) is 15.6 Å². The van der Waals surface area contributed by atoms with Gasteiger partial charge in [-0.2, -0.15) is 0 Å². The van der Waals surface area contributed by atoms with Crippen molar-refractivity contribution in [3.63, 3.8) is 0 Å². The summed E-state index contributed by atoms with van der Waals surface area (Å²) in [6.45, 7) is 5.41. The first-order chi connectivity index (χ1) is 8.02. The number of hydrogen-bond donors (Lipinski definition) is 2. The van der Waals surface area contributed by atoms with Crippen LogP contribution >= 0.6 is 0 Å². The Labute approximate surface area is 101 Å². The van der Waals surface area contributed by atoms with Crippen LogP contribution in [0.2, 0.25) is 0 Å². The summed E-state index contributed by atoms with van der Waals surface area (Å²) in [5.74, 6) is 0.266. The summed E-state index contributed by atoms with van der Waals surface area (Å²) in [5.41, 5.74) is 0.623. The molecule has 0 aromatic carbocycles. The second-order valence-corrected chi connectivity index (χ2v) is 3.98. The highest BCUT2D eigenvalue weighted by molar-refractivity contribution is 5.92. The second-order valence-electron chi connectivity index (χ2n) is 3.98. The van der Waals surface area contributed by atoms with E-state index in [0.29, 0.717) is 17.9 Å². The van der Waals surface area contributed by atoms with Gasteiger partial charge in [0.25, 0.3) is 0 Å². The minimum atomic E-state index is -0.0866. The lowest BCUT2D eigenvalue weighted by Gasteiger charge is -2.08. The summed E-state index contributed by atoms with van der Waals surface area (Å²) in [5, 5.41) is 5.35. The number of nitrogens with one attached hydrogen (secondary N) is 2. The Morgan fingerprint density at radius 2 is 2.00 bits per heavy atom. The van der Waals surface area contributed by atoms with E-state index < -0.39 is 0 Å². The summed E-state index contributed by atoms with van der Waals surface area (Å²) >= 11 is 0. The van der Waals surface area contributed by atoms with Gasteiger partial charge in [0.15, 0.2) is 0 Å². The van der Waals surface area contributed by atoms with Crippen LogP contribution in [0.3, 0.4) is 0 Å². The third-order valence-electron chi connectivity index (χ3n) is 2.14. The van der Waals surface area contributed by atoms with Gasteiger partial charge in [-0.05, 0) is 12.1 Å². The van der Waals surface area contributed by atoms with Crippen LogP contribution in [0.4, 0.5) is 11.5 Å². The molecular weight excluding hydrogens is 218 g/mol. The molecule has 0 fully saturated rings. The van der Waals surface area contributed by atoms with Crippen LogP contribution in [0.5, 0.6) is 0 Å². The molecule has 1 heterocycles. The van der Waals surface area contributed by atoms with Crippen molar-refractivity contribution < 1.29 is 9.59 Å². The summed E-state index contributed by atoms with van der Waals surface area (Å²) in [6.07, 6.45) is 1.93. The lowest BCUT2D eigenvalue weighted by atomic mass is 10.2. The molecule has 0 radical (unpaired) electrons. The predicted molar refractivity (Wildman–Crippen MR) is 66.6 cm³/mol. The third-order valence-corrected chi connectivity index (χ3v) is 2.14. The van der Waals surface area contributed by atoms with Crippen LogP contribution < -0.4 is 10.6 Å². The molecule has 0 spiro atoms. The number of hydrogen-bond acceptors (Lipinski definition) is 3. The number of carbonyl (C=O) groups excluding carboxylic acids is 2.